The van der Waals surface area contributed by atoms with Crippen LogP contribution in [0.1, 0.15) is 0 Å². The lowest BCUT2D eigenvalue weighted by Crippen LogP contribution is -2.30. The fourth-order valence-electron chi connectivity index (χ4n) is 1.37. The topological polar surface area (TPSA) is 70.8 Å². The molecule has 1 aromatic rings. The van der Waals surface area contributed by atoms with Crippen molar-refractivity contribution in [3.05, 3.63) is 27.3 Å². The molecule has 0 saturated heterocycles. The predicted molar refractivity (Wildman–Crippen MR) is 55.0 cm³/mol. The van der Waals surface area contributed by atoms with E-state index >= 15 is 0 Å². The molecule has 0 fully saturated rings. The molecule has 2 rings (SSSR count). The molecular weight excluding hydrogens is 238 g/mol. The summed E-state index contributed by atoms with van der Waals surface area (Å²) in [6.07, 6.45) is -0.578. The zero-order valence-electron chi connectivity index (χ0n) is 8.31. The van der Waals surface area contributed by atoms with Crippen LogP contribution < -0.4 is 9.47 Å². The quantitative estimate of drug-likeness (QED) is 0.589. The number of benzene rings is 1. The van der Waals surface area contributed by atoms with Crippen LogP contribution in [0.3, 0.4) is 0 Å². The molecule has 7 heteroatoms. The standard InChI is InChI=1S/C9H8ClNO5/c1-14-8-4-15-9-6(11(12)13)2-5(10)3-7(9)16-8/h2-3,8H,4H2,1H3/t8-/m1/s1. The zero-order chi connectivity index (χ0) is 11.7. The summed E-state index contributed by atoms with van der Waals surface area (Å²) >= 11 is 5.74. The van der Waals surface area contributed by atoms with Crippen LogP contribution in [0, 0.1) is 10.1 Å². The van der Waals surface area contributed by atoms with Crippen molar-refractivity contribution in [2.45, 2.75) is 6.29 Å². The molecule has 1 aromatic carbocycles. The molecular formula is C9H8ClNO5. The normalized spacial score (nSPS) is 18.2. The summed E-state index contributed by atoms with van der Waals surface area (Å²) in [7, 11) is 1.46. The van der Waals surface area contributed by atoms with E-state index in [4.69, 9.17) is 25.8 Å². The molecule has 0 unspecified atom stereocenters. The van der Waals surface area contributed by atoms with Gasteiger partial charge in [0.2, 0.25) is 12.0 Å². The Kier molecular flexibility index (Phi) is 2.84. The van der Waals surface area contributed by atoms with Gasteiger partial charge in [0.1, 0.15) is 0 Å². The van der Waals surface area contributed by atoms with Crippen LogP contribution in [0.15, 0.2) is 12.1 Å². The van der Waals surface area contributed by atoms with Gasteiger partial charge in [-0.05, 0) is 0 Å². The number of rotatable bonds is 2. The lowest BCUT2D eigenvalue weighted by Gasteiger charge is -2.24. The minimum atomic E-state index is -0.578. The lowest BCUT2D eigenvalue weighted by molar-refractivity contribution is -0.386. The summed E-state index contributed by atoms with van der Waals surface area (Å²) in [5.74, 6) is 0.306. The van der Waals surface area contributed by atoms with Crippen LogP contribution in [-0.4, -0.2) is 24.9 Å². The first-order chi connectivity index (χ1) is 7.61. The van der Waals surface area contributed by atoms with Gasteiger partial charge in [-0.15, -0.1) is 0 Å². The van der Waals surface area contributed by atoms with E-state index in [0.29, 0.717) is 0 Å². The largest absolute Gasteiger partial charge is 0.478 e. The number of fused-ring (bicyclic) bond motifs is 1. The van der Waals surface area contributed by atoms with Crippen LogP contribution in [0.4, 0.5) is 5.69 Å². The first-order valence-electron chi connectivity index (χ1n) is 4.42. The van der Waals surface area contributed by atoms with Crippen molar-refractivity contribution in [3.63, 3.8) is 0 Å². The number of nitro groups is 1. The molecule has 1 heterocycles. The highest BCUT2D eigenvalue weighted by atomic mass is 35.5. The summed E-state index contributed by atoms with van der Waals surface area (Å²) in [6, 6.07) is 2.67. The van der Waals surface area contributed by atoms with E-state index in [1.54, 1.807) is 0 Å². The number of hydrogen-bond donors (Lipinski definition) is 0. The first-order valence-corrected chi connectivity index (χ1v) is 4.80. The molecule has 0 radical (unpaired) electrons. The minimum absolute atomic E-state index is 0.0858. The molecule has 0 aromatic heterocycles. The summed E-state index contributed by atoms with van der Waals surface area (Å²) in [4.78, 5) is 10.2. The van der Waals surface area contributed by atoms with Crippen molar-refractivity contribution in [1.82, 2.24) is 0 Å². The highest BCUT2D eigenvalue weighted by molar-refractivity contribution is 6.31. The van der Waals surface area contributed by atoms with Gasteiger partial charge in [-0.3, -0.25) is 10.1 Å². The van der Waals surface area contributed by atoms with Crippen molar-refractivity contribution >= 4 is 17.3 Å². The van der Waals surface area contributed by atoms with Gasteiger partial charge in [-0.2, -0.15) is 0 Å². The van der Waals surface area contributed by atoms with Gasteiger partial charge < -0.3 is 14.2 Å². The van der Waals surface area contributed by atoms with Gasteiger partial charge in [-0.25, -0.2) is 0 Å². The second-order valence-electron chi connectivity index (χ2n) is 3.10. The van der Waals surface area contributed by atoms with Gasteiger partial charge in [0, 0.05) is 19.2 Å². The third-order valence-electron chi connectivity index (χ3n) is 2.08. The molecule has 1 aliphatic rings. The second kappa shape index (κ2) is 4.15. The van der Waals surface area contributed by atoms with Crippen molar-refractivity contribution in [2.24, 2.45) is 0 Å². The summed E-state index contributed by atoms with van der Waals surface area (Å²) in [5, 5.41) is 11.0. The molecule has 86 valence electrons. The number of ether oxygens (including phenoxy) is 3. The molecule has 0 amide bonds. The second-order valence-corrected chi connectivity index (χ2v) is 3.54. The van der Waals surface area contributed by atoms with E-state index in [-0.39, 0.29) is 28.8 Å². The predicted octanol–water partition coefficient (Wildman–Crippen LogP) is 1.99. The van der Waals surface area contributed by atoms with E-state index in [1.807, 2.05) is 0 Å². The SMILES string of the molecule is CO[C@H]1COc2c(cc(Cl)cc2[N+](=O)[O-])O1. The fourth-order valence-corrected chi connectivity index (χ4v) is 1.57. The smallest absolute Gasteiger partial charge is 0.316 e. The molecule has 0 N–H and O–H groups in total. The van der Waals surface area contributed by atoms with Crippen LogP contribution in [0.2, 0.25) is 5.02 Å². The summed E-state index contributed by atoms with van der Waals surface area (Å²) < 4.78 is 15.5. The number of halogens is 1. The van der Waals surface area contributed by atoms with E-state index in [2.05, 4.69) is 0 Å². The zero-order valence-corrected chi connectivity index (χ0v) is 9.06. The molecule has 0 bridgehead atoms. The fraction of sp³-hybridized carbons (Fsp3) is 0.333. The number of nitro benzene ring substituents is 1. The highest BCUT2D eigenvalue weighted by Gasteiger charge is 2.29. The molecule has 0 saturated carbocycles. The molecule has 0 aliphatic carbocycles. The van der Waals surface area contributed by atoms with Crippen molar-refractivity contribution < 1.29 is 19.1 Å². The van der Waals surface area contributed by atoms with E-state index in [1.165, 1.54) is 19.2 Å². The first kappa shape index (κ1) is 11.0. The Morgan fingerprint density at radius 3 is 3.00 bits per heavy atom. The van der Waals surface area contributed by atoms with E-state index < -0.39 is 11.2 Å². The molecule has 6 nitrogen and oxygen atoms in total. The summed E-state index contributed by atoms with van der Waals surface area (Å²) in [6.45, 7) is 0.103. The Morgan fingerprint density at radius 2 is 2.38 bits per heavy atom. The number of hydrogen-bond acceptors (Lipinski definition) is 5. The van der Waals surface area contributed by atoms with E-state index in [0.717, 1.165) is 0 Å². The van der Waals surface area contributed by atoms with Crippen molar-refractivity contribution in [2.75, 3.05) is 13.7 Å². The number of nitrogens with zero attached hydrogens (tertiary/aromatic N) is 1. The maximum absolute atomic E-state index is 10.8. The lowest BCUT2D eigenvalue weighted by atomic mass is 10.2. The highest BCUT2D eigenvalue weighted by Crippen LogP contribution is 2.42. The molecule has 16 heavy (non-hydrogen) atoms. The van der Waals surface area contributed by atoms with Crippen LogP contribution >= 0.6 is 11.6 Å². The average Bonchev–Trinajstić information content (AvgIpc) is 2.26. The van der Waals surface area contributed by atoms with Crippen LogP contribution in [-0.2, 0) is 4.74 Å². The Morgan fingerprint density at radius 1 is 1.62 bits per heavy atom. The summed E-state index contributed by atoms with van der Waals surface area (Å²) in [5.41, 5.74) is -0.211. The Hall–Kier alpha value is -1.53. The minimum Gasteiger partial charge on any atom is -0.478 e. The van der Waals surface area contributed by atoms with E-state index in [9.17, 15) is 10.1 Å². The third kappa shape index (κ3) is 1.89. The Bertz CT molecular complexity index is 436. The van der Waals surface area contributed by atoms with Crippen LogP contribution in [0.5, 0.6) is 11.5 Å². The van der Waals surface area contributed by atoms with Crippen molar-refractivity contribution in [3.8, 4) is 11.5 Å². The molecule has 0 spiro atoms. The average molecular weight is 246 g/mol. The van der Waals surface area contributed by atoms with Gasteiger partial charge in [-0.1, -0.05) is 11.6 Å². The maximum atomic E-state index is 10.8. The van der Waals surface area contributed by atoms with Crippen LogP contribution in [0.25, 0.3) is 0 Å². The van der Waals surface area contributed by atoms with Gasteiger partial charge >= 0.3 is 5.69 Å². The molecule has 1 aliphatic heterocycles. The maximum Gasteiger partial charge on any atom is 0.316 e. The number of methoxy groups -OCH3 is 1. The van der Waals surface area contributed by atoms with Gasteiger partial charge in [0.15, 0.2) is 12.4 Å². The Labute approximate surface area is 95.8 Å². The third-order valence-corrected chi connectivity index (χ3v) is 2.30. The molecule has 1 atom stereocenters. The Balaban J connectivity index is 2.45. The van der Waals surface area contributed by atoms with Crippen molar-refractivity contribution in [1.29, 1.82) is 0 Å². The monoisotopic (exact) mass is 245 g/mol. The van der Waals surface area contributed by atoms with Gasteiger partial charge in [0.05, 0.1) is 9.95 Å². The van der Waals surface area contributed by atoms with Gasteiger partial charge in [0.25, 0.3) is 0 Å².